The molecule has 4 nitrogen and oxygen atoms in total. The molecular weight excluding hydrogens is 230 g/mol. The molecule has 1 aromatic carbocycles. The van der Waals surface area contributed by atoms with Crippen LogP contribution in [0, 0.1) is 0 Å². The Morgan fingerprint density at radius 2 is 1.83 bits per heavy atom. The summed E-state index contributed by atoms with van der Waals surface area (Å²) in [6.07, 6.45) is 0.315. The van der Waals surface area contributed by atoms with Crippen LogP contribution in [-0.2, 0) is 4.74 Å². The zero-order chi connectivity index (χ0) is 13.4. The van der Waals surface area contributed by atoms with Crippen molar-refractivity contribution in [1.82, 2.24) is 0 Å². The van der Waals surface area contributed by atoms with Gasteiger partial charge in [-0.2, -0.15) is 0 Å². The number of aliphatic hydroxyl groups excluding tert-OH is 1. The third-order valence-electron chi connectivity index (χ3n) is 2.70. The van der Waals surface area contributed by atoms with E-state index in [2.05, 4.69) is 6.92 Å². The summed E-state index contributed by atoms with van der Waals surface area (Å²) in [6, 6.07) is 7.73. The second-order valence-electron chi connectivity index (χ2n) is 4.21. The van der Waals surface area contributed by atoms with Gasteiger partial charge in [0.05, 0.1) is 6.61 Å². The molecule has 0 bridgehead atoms. The molecule has 1 rings (SSSR count). The Hall–Kier alpha value is -1.10. The van der Waals surface area contributed by atoms with Gasteiger partial charge >= 0.3 is 0 Å². The van der Waals surface area contributed by atoms with E-state index in [1.807, 2.05) is 31.2 Å². The molecule has 0 amide bonds. The highest BCUT2D eigenvalue weighted by atomic mass is 16.5. The Morgan fingerprint density at radius 1 is 1.17 bits per heavy atom. The van der Waals surface area contributed by atoms with Crippen LogP contribution in [0.3, 0.4) is 0 Å². The molecule has 18 heavy (non-hydrogen) atoms. The highest BCUT2D eigenvalue weighted by molar-refractivity contribution is 5.28. The SMILES string of the molecule is CCOCC(O)COc1ccc(C(N)CC)cc1. The third kappa shape index (κ3) is 5.04. The van der Waals surface area contributed by atoms with E-state index in [1.54, 1.807) is 0 Å². The zero-order valence-corrected chi connectivity index (χ0v) is 11.1. The van der Waals surface area contributed by atoms with Gasteiger partial charge in [-0.3, -0.25) is 0 Å². The van der Waals surface area contributed by atoms with Gasteiger partial charge in [0.2, 0.25) is 0 Å². The lowest BCUT2D eigenvalue weighted by Gasteiger charge is -2.13. The number of benzene rings is 1. The Labute approximate surface area is 109 Å². The average molecular weight is 253 g/mol. The third-order valence-corrected chi connectivity index (χ3v) is 2.70. The number of rotatable bonds is 8. The molecule has 0 aliphatic heterocycles. The number of hydrogen-bond donors (Lipinski definition) is 2. The van der Waals surface area contributed by atoms with E-state index in [0.717, 1.165) is 17.7 Å². The first-order chi connectivity index (χ1) is 8.67. The van der Waals surface area contributed by atoms with Crippen molar-refractivity contribution in [1.29, 1.82) is 0 Å². The van der Waals surface area contributed by atoms with Crippen molar-refractivity contribution < 1.29 is 14.6 Å². The summed E-state index contributed by atoms with van der Waals surface area (Å²) < 4.78 is 10.6. The molecule has 3 N–H and O–H groups in total. The fraction of sp³-hybridized carbons (Fsp3) is 0.571. The Bertz CT molecular complexity index is 326. The molecule has 0 radical (unpaired) electrons. The van der Waals surface area contributed by atoms with Gasteiger partial charge < -0.3 is 20.3 Å². The van der Waals surface area contributed by atoms with E-state index in [4.69, 9.17) is 15.2 Å². The van der Waals surface area contributed by atoms with Gasteiger partial charge in [-0.05, 0) is 31.0 Å². The molecule has 0 saturated carbocycles. The van der Waals surface area contributed by atoms with Crippen molar-refractivity contribution in [3.8, 4) is 5.75 Å². The number of ether oxygens (including phenoxy) is 2. The van der Waals surface area contributed by atoms with Gasteiger partial charge in [0.25, 0.3) is 0 Å². The van der Waals surface area contributed by atoms with E-state index in [1.165, 1.54) is 0 Å². The van der Waals surface area contributed by atoms with Crippen molar-refractivity contribution in [2.75, 3.05) is 19.8 Å². The van der Waals surface area contributed by atoms with Gasteiger partial charge in [-0.25, -0.2) is 0 Å². The largest absolute Gasteiger partial charge is 0.491 e. The van der Waals surface area contributed by atoms with Crippen LogP contribution >= 0.6 is 0 Å². The zero-order valence-electron chi connectivity index (χ0n) is 11.1. The van der Waals surface area contributed by atoms with Crippen LogP contribution in [0.5, 0.6) is 5.75 Å². The van der Waals surface area contributed by atoms with Crippen LogP contribution in [0.1, 0.15) is 31.9 Å². The fourth-order valence-electron chi connectivity index (χ4n) is 1.54. The minimum absolute atomic E-state index is 0.0718. The lowest BCUT2D eigenvalue weighted by Crippen LogP contribution is -2.23. The van der Waals surface area contributed by atoms with Gasteiger partial charge in [0, 0.05) is 12.6 Å². The second kappa shape index (κ2) is 8.08. The Morgan fingerprint density at radius 3 is 2.39 bits per heavy atom. The molecule has 0 aromatic heterocycles. The summed E-state index contributed by atoms with van der Waals surface area (Å²) >= 11 is 0. The number of hydrogen-bond acceptors (Lipinski definition) is 4. The summed E-state index contributed by atoms with van der Waals surface area (Å²) in [5.74, 6) is 0.734. The van der Waals surface area contributed by atoms with Gasteiger partial charge in [0.15, 0.2) is 0 Å². The van der Waals surface area contributed by atoms with Crippen molar-refractivity contribution in [2.45, 2.75) is 32.4 Å². The van der Waals surface area contributed by atoms with Crippen LogP contribution in [-0.4, -0.2) is 31.0 Å². The van der Waals surface area contributed by atoms with E-state index in [9.17, 15) is 5.11 Å². The summed E-state index contributed by atoms with van der Waals surface area (Å²) in [7, 11) is 0. The first-order valence-electron chi connectivity index (χ1n) is 6.41. The molecule has 1 aromatic rings. The van der Waals surface area contributed by atoms with Gasteiger partial charge in [0.1, 0.15) is 18.5 Å². The molecule has 0 aliphatic carbocycles. The van der Waals surface area contributed by atoms with E-state index in [-0.39, 0.29) is 12.6 Å². The first kappa shape index (κ1) is 15.0. The maximum absolute atomic E-state index is 9.55. The molecule has 102 valence electrons. The minimum Gasteiger partial charge on any atom is -0.491 e. The van der Waals surface area contributed by atoms with Crippen LogP contribution in [0.15, 0.2) is 24.3 Å². The van der Waals surface area contributed by atoms with Crippen molar-refractivity contribution in [3.63, 3.8) is 0 Å². The van der Waals surface area contributed by atoms with Crippen LogP contribution in [0.2, 0.25) is 0 Å². The van der Waals surface area contributed by atoms with Crippen LogP contribution < -0.4 is 10.5 Å². The maximum Gasteiger partial charge on any atom is 0.119 e. The normalized spacial score (nSPS) is 14.2. The minimum atomic E-state index is -0.595. The van der Waals surface area contributed by atoms with Crippen LogP contribution in [0.4, 0.5) is 0 Å². The van der Waals surface area contributed by atoms with E-state index < -0.39 is 6.10 Å². The predicted octanol–water partition coefficient (Wildman–Crippen LogP) is 1.87. The summed E-state index contributed by atoms with van der Waals surface area (Å²) in [6.45, 7) is 5.08. The topological polar surface area (TPSA) is 64.7 Å². The average Bonchev–Trinajstić information content (AvgIpc) is 2.42. The second-order valence-corrected chi connectivity index (χ2v) is 4.21. The van der Waals surface area contributed by atoms with E-state index in [0.29, 0.717) is 13.2 Å². The monoisotopic (exact) mass is 253 g/mol. The molecular formula is C14H23NO3. The maximum atomic E-state index is 9.55. The standard InChI is InChI=1S/C14H23NO3/c1-3-14(15)11-5-7-13(8-6-11)18-10-12(16)9-17-4-2/h5-8,12,14,16H,3-4,9-10,15H2,1-2H3. The molecule has 0 fully saturated rings. The van der Waals surface area contributed by atoms with Crippen molar-refractivity contribution in [2.24, 2.45) is 5.73 Å². The number of nitrogens with two attached hydrogens (primary N) is 1. The van der Waals surface area contributed by atoms with Crippen molar-refractivity contribution >= 4 is 0 Å². The molecule has 0 spiro atoms. The summed E-state index contributed by atoms with van der Waals surface area (Å²) in [5.41, 5.74) is 7.02. The molecule has 2 atom stereocenters. The lowest BCUT2D eigenvalue weighted by molar-refractivity contribution is 0.0164. The quantitative estimate of drug-likeness (QED) is 0.742. The molecule has 2 unspecified atom stereocenters. The molecule has 4 heteroatoms. The molecule has 0 heterocycles. The number of aliphatic hydroxyl groups is 1. The highest BCUT2D eigenvalue weighted by Gasteiger charge is 2.06. The summed E-state index contributed by atoms with van der Waals surface area (Å²) in [4.78, 5) is 0. The van der Waals surface area contributed by atoms with Crippen LogP contribution in [0.25, 0.3) is 0 Å². The smallest absolute Gasteiger partial charge is 0.119 e. The Kier molecular flexibility index (Phi) is 6.72. The lowest BCUT2D eigenvalue weighted by atomic mass is 10.1. The highest BCUT2D eigenvalue weighted by Crippen LogP contribution is 2.18. The van der Waals surface area contributed by atoms with Gasteiger partial charge in [-0.15, -0.1) is 0 Å². The first-order valence-corrected chi connectivity index (χ1v) is 6.41. The summed E-state index contributed by atoms with van der Waals surface area (Å²) in [5, 5.41) is 9.55. The van der Waals surface area contributed by atoms with E-state index >= 15 is 0 Å². The Balaban J connectivity index is 2.39. The van der Waals surface area contributed by atoms with Crippen molar-refractivity contribution in [3.05, 3.63) is 29.8 Å². The van der Waals surface area contributed by atoms with Gasteiger partial charge in [-0.1, -0.05) is 19.1 Å². The predicted molar refractivity (Wildman–Crippen MR) is 71.7 cm³/mol. The molecule has 0 aliphatic rings. The fourth-order valence-corrected chi connectivity index (χ4v) is 1.54. The molecule has 0 saturated heterocycles.